The zero-order valence-corrected chi connectivity index (χ0v) is 22.0. The van der Waals surface area contributed by atoms with Crippen LogP contribution in [0.4, 0.5) is 0 Å². The maximum atomic E-state index is 12.8. The Morgan fingerprint density at radius 1 is 1.03 bits per heavy atom. The molecule has 0 saturated heterocycles. The Bertz CT molecular complexity index is 1390. The second kappa shape index (κ2) is 10.5. The fourth-order valence-electron chi connectivity index (χ4n) is 5.06. The zero-order valence-electron chi connectivity index (χ0n) is 20.4. The van der Waals surface area contributed by atoms with Crippen LogP contribution in [0.15, 0.2) is 63.4 Å². The Balaban J connectivity index is 1.22. The fourth-order valence-corrected chi connectivity index (χ4v) is 7.22. The topological polar surface area (TPSA) is 118 Å². The summed E-state index contributed by atoms with van der Waals surface area (Å²) < 4.78 is 28.5. The van der Waals surface area contributed by atoms with Gasteiger partial charge in [0.05, 0.1) is 10.6 Å². The van der Waals surface area contributed by atoms with Gasteiger partial charge >= 0.3 is 0 Å². The molecule has 0 spiro atoms. The van der Waals surface area contributed by atoms with Crippen LogP contribution in [0.3, 0.4) is 0 Å². The van der Waals surface area contributed by atoms with Gasteiger partial charge in [0.25, 0.3) is 5.56 Å². The van der Waals surface area contributed by atoms with Crippen LogP contribution in [-0.4, -0.2) is 30.5 Å². The highest BCUT2D eigenvalue weighted by Gasteiger charge is 2.27. The van der Waals surface area contributed by atoms with Gasteiger partial charge in [-0.2, -0.15) is 0 Å². The minimum Gasteiger partial charge on any atom is -0.326 e. The summed E-state index contributed by atoms with van der Waals surface area (Å²) in [7, 11) is -3.61. The smallest absolute Gasteiger partial charge is 0.254 e. The van der Waals surface area contributed by atoms with Crippen molar-refractivity contribution in [3.8, 4) is 11.1 Å². The largest absolute Gasteiger partial charge is 0.326 e. The number of thioether (sulfide) groups is 1. The third kappa shape index (κ3) is 5.59. The summed E-state index contributed by atoms with van der Waals surface area (Å²) in [5.74, 6) is 1.17. The lowest BCUT2D eigenvalue weighted by Crippen LogP contribution is -2.49. The average molecular weight is 525 g/mol. The molecule has 190 valence electrons. The molecule has 7 nitrogen and oxygen atoms in total. The van der Waals surface area contributed by atoms with Crippen molar-refractivity contribution >= 4 is 21.8 Å². The molecule has 1 unspecified atom stereocenters. The first-order chi connectivity index (χ1) is 17.3. The van der Waals surface area contributed by atoms with Gasteiger partial charge in [0, 0.05) is 23.4 Å². The van der Waals surface area contributed by atoms with Crippen LogP contribution in [0.5, 0.6) is 0 Å². The predicted molar refractivity (Wildman–Crippen MR) is 143 cm³/mol. The van der Waals surface area contributed by atoms with Gasteiger partial charge in [-0.1, -0.05) is 67.9 Å². The van der Waals surface area contributed by atoms with Gasteiger partial charge in [0.15, 0.2) is 5.16 Å². The highest BCUT2D eigenvalue weighted by molar-refractivity contribution is 7.98. The third-order valence-electron chi connectivity index (χ3n) is 7.13. The molecule has 1 saturated carbocycles. The molecular weight excluding hydrogens is 492 g/mol. The number of fused-ring (bicyclic) bond motifs is 1. The second-order valence-corrected chi connectivity index (χ2v) is 12.7. The molecule has 0 radical (unpaired) electrons. The lowest BCUT2D eigenvalue weighted by molar-refractivity contribution is 0.361. The highest BCUT2D eigenvalue weighted by Crippen LogP contribution is 2.27. The summed E-state index contributed by atoms with van der Waals surface area (Å²) in [5, 5.41) is 0.663. The van der Waals surface area contributed by atoms with Gasteiger partial charge in [-0.25, -0.2) is 18.1 Å². The Labute approximate surface area is 216 Å². The highest BCUT2D eigenvalue weighted by atomic mass is 32.2. The normalized spacial score (nSPS) is 21.9. The molecule has 9 heteroatoms. The van der Waals surface area contributed by atoms with Crippen LogP contribution >= 0.6 is 11.8 Å². The molecule has 5 rings (SSSR count). The summed E-state index contributed by atoms with van der Waals surface area (Å²) in [5.41, 5.74) is 11.0. The summed E-state index contributed by atoms with van der Waals surface area (Å²) in [6.45, 7) is 2.15. The van der Waals surface area contributed by atoms with Crippen molar-refractivity contribution in [2.24, 2.45) is 11.7 Å². The first kappa shape index (κ1) is 25.2. The van der Waals surface area contributed by atoms with E-state index < -0.39 is 10.0 Å². The van der Waals surface area contributed by atoms with Gasteiger partial charge in [-0.05, 0) is 60.4 Å². The first-order valence-corrected chi connectivity index (χ1v) is 15.0. The van der Waals surface area contributed by atoms with Crippen LogP contribution in [-0.2, 0) is 28.6 Å². The standard InChI is InChI=1S/C27H32N4O3S2/c1-17-14-22-25(15-17)29-27(30-26(22)32)35-16-18-6-8-19(9-7-18)20-10-12-21(13-11-20)36(33,34)31-24-5-3-2-4-23(24)28/h6-13,17,23-24,31H,2-5,14-16,28H2,1H3,(H,29,30,32)/t17?,23-,24-/m1/s1. The van der Waals surface area contributed by atoms with E-state index >= 15 is 0 Å². The van der Waals surface area contributed by atoms with E-state index in [0.717, 1.165) is 66.5 Å². The quantitative estimate of drug-likeness (QED) is 0.317. The van der Waals surface area contributed by atoms with Gasteiger partial charge in [-0.3, -0.25) is 4.79 Å². The SMILES string of the molecule is CC1Cc2nc(SCc3ccc(-c4ccc(S(=O)(=O)N[C@@H]5CCCC[C@H]5N)cc4)cc3)[nH]c(=O)c2C1. The maximum Gasteiger partial charge on any atom is 0.254 e. The lowest BCUT2D eigenvalue weighted by Gasteiger charge is -2.29. The van der Waals surface area contributed by atoms with Crippen LogP contribution in [0, 0.1) is 5.92 Å². The van der Waals surface area contributed by atoms with Crippen molar-refractivity contribution in [1.82, 2.24) is 14.7 Å². The maximum absolute atomic E-state index is 12.8. The zero-order chi connectivity index (χ0) is 25.3. The predicted octanol–water partition coefficient (Wildman–Crippen LogP) is 4.01. The Morgan fingerprint density at radius 3 is 2.39 bits per heavy atom. The second-order valence-electron chi connectivity index (χ2n) is 10.00. The number of nitrogens with zero attached hydrogens (tertiary/aromatic N) is 1. The van der Waals surface area contributed by atoms with Crippen LogP contribution in [0.1, 0.15) is 49.4 Å². The number of nitrogens with two attached hydrogens (primary N) is 1. The van der Waals surface area contributed by atoms with Crippen molar-refractivity contribution in [3.05, 3.63) is 75.7 Å². The molecule has 1 heterocycles. The molecular formula is C27H32N4O3S2. The molecule has 0 bridgehead atoms. The first-order valence-electron chi connectivity index (χ1n) is 12.5. The van der Waals surface area contributed by atoms with Gasteiger partial charge in [-0.15, -0.1) is 0 Å². The van der Waals surface area contributed by atoms with E-state index in [-0.39, 0.29) is 22.5 Å². The molecule has 4 N–H and O–H groups in total. The van der Waals surface area contributed by atoms with Crippen molar-refractivity contribution in [1.29, 1.82) is 0 Å². The van der Waals surface area contributed by atoms with E-state index in [1.54, 1.807) is 12.1 Å². The molecule has 2 aromatic carbocycles. The molecule has 1 aromatic heterocycles. The summed E-state index contributed by atoms with van der Waals surface area (Å²) in [4.78, 5) is 20.2. The van der Waals surface area contributed by atoms with E-state index in [4.69, 9.17) is 5.73 Å². The minimum absolute atomic E-state index is 0.00977. The van der Waals surface area contributed by atoms with E-state index in [9.17, 15) is 13.2 Å². The van der Waals surface area contributed by atoms with E-state index in [1.807, 2.05) is 36.4 Å². The van der Waals surface area contributed by atoms with Crippen LogP contribution in [0.25, 0.3) is 11.1 Å². The van der Waals surface area contributed by atoms with Crippen molar-refractivity contribution in [3.63, 3.8) is 0 Å². The van der Waals surface area contributed by atoms with Crippen LogP contribution in [0.2, 0.25) is 0 Å². The number of hydrogen-bond acceptors (Lipinski definition) is 6. The van der Waals surface area contributed by atoms with Gasteiger partial charge in [0.1, 0.15) is 0 Å². The fraction of sp³-hybridized carbons (Fsp3) is 0.407. The Morgan fingerprint density at radius 2 is 1.69 bits per heavy atom. The number of H-pyrrole nitrogens is 1. The van der Waals surface area contributed by atoms with E-state index in [0.29, 0.717) is 16.8 Å². The molecule has 3 aromatic rings. The Hall–Kier alpha value is -2.46. The molecule has 3 atom stereocenters. The van der Waals surface area contributed by atoms with Gasteiger partial charge < -0.3 is 10.7 Å². The van der Waals surface area contributed by atoms with Crippen molar-refractivity contribution < 1.29 is 8.42 Å². The number of aromatic amines is 1. The number of sulfonamides is 1. The van der Waals surface area contributed by atoms with E-state index in [2.05, 4.69) is 21.6 Å². The summed E-state index contributed by atoms with van der Waals surface area (Å²) >= 11 is 1.53. The Kier molecular flexibility index (Phi) is 7.35. The molecule has 0 amide bonds. The molecule has 36 heavy (non-hydrogen) atoms. The van der Waals surface area contributed by atoms with E-state index in [1.165, 1.54) is 11.8 Å². The van der Waals surface area contributed by atoms with Gasteiger partial charge in [0.2, 0.25) is 10.0 Å². The average Bonchev–Trinajstić information content (AvgIpc) is 3.25. The number of rotatable bonds is 7. The number of benzene rings is 2. The number of hydrogen-bond donors (Lipinski definition) is 3. The molecule has 2 aliphatic rings. The number of nitrogens with one attached hydrogen (secondary N) is 2. The number of aromatic nitrogens is 2. The molecule has 1 fully saturated rings. The van der Waals surface area contributed by atoms with Crippen molar-refractivity contribution in [2.75, 3.05) is 0 Å². The lowest BCUT2D eigenvalue weighted by atomic mass is 9.92. The van der Waals surface area contributed by atoms with Crippen LogP contribution < -0.4 is 16.0 Å². The molecule has 0 aliphatic heterocycles. The summed E-state index contributed by atoms with van der Waals surface area (Å²) in [6, 6.07) is 14.8. The monoisotopic (exact) mass is 524 g/mol. The summed E-state index contributed by atoms with van der Waals surface area (Å²) in [6.07, 6.45) is 5.35. The minimum atomic E-state index is -3.61. The molecule has 2 aliphatic carbocycles. The third-order valence-corrected chi connectivity index (χ3v) is 9.58. The van der Waals surface area contributed by atoms with Crippen molar-refractivity contribution in [2.45, 2.75) is 73.3 Å².